The summed E-state index contributed by atoms with van der Waals surface area (Å²) in [4.78, 5) is 26.9. The van der Waals surface area contributed by atoms with E-state index in [9.17, 15) is 22.8 Å². The lowest BCUT2D eigenvalue weighted by Crippen LogP contribution is -2.34. The highest BCUT2D eigenvalue weighted by atomic mass is 19.4. The molecule has 0 radical (unpaired) electrons. The molecule has 2 fully saturated rings. The summed E-state index contributed by atoms with van der Waals surface area (Å²) in [6, 6.07) is 5.06. The molecule has 1 saturated carbocycles. The monoisotopic (exact) mass is 396 g/mol. The predicted octanol–water partition coefficient (Wildman–Crippen LogP) is 4.36. The average molecular weight is 396 g/mol. The summed E-state index contributed by atoms with van der Waals surface area (Å²) in [5, 5.41) is 2.46. The zero-order valence-corrected chi connectivity index (χ0v) is 16.3. The average Bonchev–Trinajstić information content (AvgIpc) is 3.13. The largest absolute Gasteiger partial charge is 0.416 e. The Bertz CT molecular complexity index is 723. The number of fused-ring (bicyclic) bond motifs is 1. The minimum absolute atomic E-state index is 0.000963. The topological polar surface area (TPSA) is 49.4 Å². The van der Waals surface area contributed by atoms with E-state index in [0.717, 1.165) is 38.1 Å². The van der Waals surface area contributed by atoms with Crippen LogP contribution in [0.2, 0.25) is 0 Å². The summed E-state index contributed by atoms with van der Waals surface area (Å²) < 4.78 is 38.2. The van der Waals surface area contributed by atoms with E-state index in [0.29, 0.717) is 17.9 Å². The molecule has 154 valence electrons. The van der Waals surface area contributed by atoms with Gasteiger partial charge in [-0.25, -0.2) is 0 Å². The number of carbonyl (C=O) groups excluding carboxylic acids is 2. The molecule has 1 N–H and O–H groups in total. The number of hydrogen-bond donors (Lipinski definition) is 1. The number of carbonyl (C=O) groups is 2. The van der Waals surface area contributed by atoms with Crippen molar-refractivity contribution in [3.05, 3.63) is 29.8 Å². The molecular weight excluding hydrogens is 369 g/mol. The van der Waals surface area contributed by atoms with Crippen molar-refractivity contribution >= 4 is 17.4 Å². The van der Waals surface area contributed by atoms with Gasteiger partial charge in [-0.3, -0.25) is 9.59 Å². The number of alkyl halides is 3. The van der Waals surface area contributed by atoms with Gasteiger partial charge >= 0.3 is 6.18 Å². The molecule has 1 heterocycles. The second-order valence-electron chi connectivity index (χ2n) is 8.04. The number of benzene rings is 1. The van der Waals surface area contributed by atoms with Gasteiger partial charge in [-0.15, -0.1) is 0 Å². The molecular formula is C21H27F3N2O2. The first kappa shape index (κ1) is 20.8. The first-order valence-electron chi connectivity index (χ1n) is 9.94. The fourth-order valence-electron chi connectivity index (χ4n) is 4.40. The molecule has 0 bridgehead atoms. The highest BCUT2D eigenvalue weighted by molar-refractivity contribution is 5.94. The number of anilines is 1. The molecule has 4 nitrogen and oxygen atoms in total. The molecule has 2 aliphatic rings. The molecule has 1 aromatic rings. The summed E-state index contributed by atoms with van der Waals surface area (Å²) >= 11 is 0. The lowest BCUT2D eigenvalue weighted by Gasteiger charge is -2.26. The zero-order chi connectivity index (χ0) is 20.5. The third kappa shape index (κ3) is 4.74. The molecule has 4 atom stereocenters. The van der Waals surface area contributed by atoms with E-state index < -0.39 is 17.6 Å². The van der Waals surface area contributed by atoms with Crippen LogP contribution in [0.5, 0.6) is 0 Å². The molecule has 1 aromatic carbocycles. The molecule has 0 spiro atoms. The normalized spacial score (nSPS) is 25.2. The summed E-state index contributed by atoms with van der Waals surface area (Å²) in [7, 11) is 0. The molecule has 3 rings (SSSR count). The van der Waals surface area contributed by atoms with Gasteiger partial charge in [0.25, 0.3) is 0 Å². The fraction of sp³-hybridized carbons (Fsp3) is 0.619. The molecule has 28 heavy (non-hydrogen) atoms. The lowest BCUT2D eigenvalue weighted by molar-refractivity contribution is -0.137. The summed E-state index contributed by atoms with van der Waals surface area (Å²) in [5.74, 6) is 0.566. The highest BCUT2D eigenvalue weighted by Crippen LogP contribution is 2.53. The molecule has 1 saturated heterocycles. The van der Waals surface area contributed by atoms with Crippen LogP contribution in [-0.2, 0) is 15.8 Å². The minimum atomic E-state index is -4.46. The molecule has 1 aliphatic heterocycles. The van der Waals surface area contributed by atoms with E-state index in [2.05, 4.69) is 24.1 Å². The molecule has 1 aliphatic carbocycles. The van der Waals surface area contributed by atoms with Gasteiger partial charge in [0, 0.05) is 43.6 Å². The maximum Gasteiger partial charge on any atom is 0.416 e. The maximum atomic E-state index is 12.7. The van der Waals surface area contributed by atoms with Crippen LogP contribution in [0.25, 0.3) is 0 Å². The number of Topliss-reactive ketones (excluding diaryl/α,β-unsaturated/α-hetero) is 1. The molecule has 1 amide bonds. The zero-order valence-electron chi connectivity index (χ0n) is 16.3. The number of amides is 1. The van der Waals surface area contributed by atoms with Crippen LogP contribution < -0.4 is 5.32 Å². The van der Waals surface area contributed by atoms with Crippen LogP contribution in [0.3, 0.4) is 0 Å². The number of nitrogens with one attached hydrogen (secondary N) is 1. The lowest BCUT2D eigenvalue weighted by atomic mass is 10.1. The molecule has 7 heteroatoms. The Hall–Kier alpha value is -1.89. The van der Waals surface area contributed by atoms with Gasteiger partial charge in [-0.2, -0.15) is 13.2 Å². The SMILES string of the molecule is CCCC(C)N1C[C@@H]2C(C(=O)CCC(=O)Nc3cccc(C(F)(F)F)c3)[C@@H]2C1. The van der Waals surface area contributed by atoms with Crippen LogP contribution >= 0.6 is 0 Å². The Morgan fingerprint density at radius 1 is 1.21 bits per heavy atom. The Balaban J connectivity index is 1.42. The number of halogens is 3. The first-order valence-corrected chi connectivity index (χ1v) is 9.94. The van der Waals surface area contributed by atoms with E-state index in [1.54, 1.807) is 0 Å². The summed E-state index contributed by atoms with van der Waals surface area (Å²) in [6.07, 6.45) is -2.00. The van der Waals surface area contributed by atoms with Crippen molar-refractivity contribution in [2.75, 3.05) is 18.4 Å². The van der Waals surface area contributed by atoms with Crippen LogP contribution in [-0.4, -0.2) is 35.7 Å². The number of ketones is 1. The second-order valence-corrected chi connectivity index (χ2v) is 8.04. The standard InChI is InChI=1S/C21H27F3N2O2/c1-3-5-13(2)26-11-16-17(12-26)20(16)18(27)8-9-19(28)25-15-7-4-6-14(10-15)21(22,23)24/h4,6-7,10,13,16-17,20H,3,5,8-9,11-12H2,1-2H3,(H,25,28)/t13?,16-,17+,20?. The Morgan fingerprint density at radius 2 is 1.89 bits per heavy atom. The number of nitrogens with zero attached hydrogens (tertiary/aromatic N) is 1. The van der Waals surface area contributed by atoms with Gasteiger partial charge in [0.15, 0.2) is 0 Å². The van der Waals surface area contributed by atoms with Crippen molar-refractivity contribution < 1.29 is 22.8 Å². The van der Waals surface area contributed by atoms with E-state index in [-0.39, 0.29) is 30.2 Å². The van der Waals surface area contributed by atoms with E-state index in [1.807, 2.05) is 0 Å². The van der Waals surface area contributed by atoms with Gasteiger partial charge in [-0.05, 0) is 43.4 Å². The Labute approximate surface area is 163 Å². The summed E-state index contributed by atoms with van der Waals surface area (Å²) in [6.45, 7) is 6.31. The van der Waals surface area contributed by atoms with Gasteiger partial charge in [-0.1, -0.05) is 19.4 Å². The van der Waals surface area contributed by atoms with Crippen LogP contribution in [0.15, 0.2) is 24.3 Å². The number of hydrogen-bond acceptors (Lipinski definition) is 3. The Morgan fingerprint density at radius 3 is 2.50 bits per heavy atom. The van der Waals surface area contributed by atoms with Crippen molar-refractivity contribution in [2.24, 2.45) is 17.8 Å². The van der Waals surface area contributed by atoms with E-state index in [4.69, 9.17) is 0 Å². The Kier molecular flexibility index (Phi) is 6.12. The third-order valence-electron chi connectivity index (χ3n) is 6.00. The third-order valence-corrected chi connectivity index (χ3v) is 6.00. The molecule has 0 aromatic heterocycles. The van der Waals surface area contributed by atoms with Crippen LogP contribution in [0, 0.1) is 17.8 Å². The second kappa shape index (κ2) is 8.23. The van der Waals surface area contributed by atoms with Gasteiger partial charge in [0.2, 0.25) is 5.91 Å². The quantitative estimate of drug-likeness (QED) is 0.710. The maximum absolute atomic E-state index is 12.7. The first-order chi connectivity index (χ1) is 13.2. The van der Waals surface area contributed by atoms with Crippen molar-refractivity contribution in [3.63, 3.8) is 0 Å². The van der Waals surface area contributed by atoms with Crippen molar-refractivity contribution in [1.82, 2.24) is 4.90 Å². The predicted molar refractivity (Wildman–Crippen MR) is 101 cm³/mol. The van der Waals surface area contributed by atoms with Gasteiger partial charge in [0.05, 0.1) is 5.56 Å². The van der Waals surface area contributed by atoms with Crippen LogP contribution in [0.4, 0.5) is 18.9 Å². The van der Waals surface area contributed by atoms with Gasteiger partial charge in [0.1, 0.15) is 5.78 Å². The van der Waals surface area contributed by atoms with Crippen molar-refractivity contribution in [1.29, 1.82) is 0 Å². The van der Waals surface area contributed by atoms with Crippen LogP contribution in [0.1, 0.15) is 45.1 Å². The number of piperidine rings is 1. The summed E-state index contributed by atoms with van der Waals surface area (Å²) in [5.41, 5.74) is -0.717. The van der Waals surface area contributed by atoms with Gasteiger partial charge < -0.3 is 10.2 Å². The number of likely N-dealkylation sites (tertiary alicyclic amines) is 1. The minimum Gasteiger partial charge on any atom is -0.326 e. The highest BCUT2D eigenvalue weighted by Gasteiger charge is 2.58. The molecule has 2 unspecified atom stereocenters. The fourth-order valence-corrected chi connectivity index (χ4v) is 4.40. The van der Waals surface area contributed by atoms with E-state index in [1.165, 1.54) is 12.1 Å². The van der Waals surface area contributed by atoms with Crippen molar-refractivity contribution in [3.8, 4) is 0 Å². The number of rotatable bonds is 8. The van der Waals surface area contributed by atoms with E-state index >= 15 is 0 Å². The van der Waals surface area contributed by atoms with Crippen molar-refractivity contribution in [2.45, 2.75) is 51.7 Å². The smallest absolute Gasteiger partial charge is 0.326 e.